The van der Waals surface area contributed by atoms with Gasteiger partial charge < -0.3 is 0 Å². The van der Waals surface area contributed by atoms with Crippen LogP contribution < -0.4 is 0 Å². The van der Waals surface area contributed by atoms with Gasteiger partial charge in [-0.3, -0.25) is 0 Å². The van der Waals surface area contributed by atoms with Gasteiger partial charge in [0.2, 0.25) is 0 Å². The molecular weight excluding hydrogens is 369 g/mol. The molecule has 0 N–H and O–H groups in total. The van der Waals surface area contributed by atoms with Gasteiger partial charge in [-0.15, -0.1) is 0 Å². The van der Waals surface area contributed by atoms with Gasteiger partial charge in [0.25, 0.3) is 6.43 Å². The molecule has 0 fully saturated rings. The van der Waals surface area contributed by atoms with E-state index in [0.29, 0.717) is 13.7 Å². The molecule has 0 bridgehead atoms. The molecule has 1 aromatic heterocycles. The van der Waals surface area contributed by atoms with Crippen molar-refractivity contribution in [1.82, 2.24) is 4.98 Å². The molecule has 6 heteroatoms. The average Bonchev–Trinajstić information content (AvgIpc) is 2.13. The Balaban J connectivity index is 3.31. The van der Waals surface area contributed by atoms with Crippen LogP contribution in [-0.4, -0.2) is 4.98 Å². The quantitative estimate of drug-likeness (QED) is 0.589. The van der Waals surface area contributed by atoms with Gasteiger partial charge in [-0.25, -0.2) is 13.8 Å². The van der Waals surface area contributed by atoms with Crippen molar-refractivity contribution in [2.75, 3.05) is 0 Å². The molecule has 2 nitrogen and oxygen atoms in total. The van der Waals surface area contributed by atoms with Crippen LogP contribution in [0.5, 0.6) is 0 Å². The maximum Gasteiger partial charge on any atom is 0.265 e. The van der Waals surface area contributed by atoms with E-state index < -0.39 is 6.43 Å². The molecule has 0 unspecified atom stereocenters. The van der Waals surface area contributed by atoms with Crippen molar-refractivity contribution >= 4 is 38.5 Å². The van der Waals surface area contributed by atoms with Crippen LogP contribution in [0.25, 0.3) is 0 Å². The highest BCUT2D eigenvalue weighted by Gasteiger charge is 2.17. The summed E-state index contributed by atoms with van der Waals surface area (Å²) in [6.45, 7) is 0. The van der Waals surface area contributed by atoms with E-state index in [2.05, 4.69) is 20.9 Å². The largest absolute Gasteiger partial charge is 0.265 e. The summed E-state index contributed by atoms with van der Waals surface area (Å²) in [7, 11) is 0. The van der Waals surface area contributed by atoms with Gasteiger partial charge in [-0.1, -0.05) is 0 Å². The molecule has 0 aliphatic rings. The minimum absolute atomic E-state index is 0.0287. The van der Waals surface area contributed by atoms with Crippen LogP contribution in [0.1, 0.15) is 17.6 Å². The molecule has 0 saturated carbocycles. The number of alkyl halides is 2. The van der Waals surface area contributed by atoms with E-state index in [1.54, 1.807) is 0 Å². The third kappa shape index (κ3) is 2.39. The van der Waals surface area contributed by atoms with Gasteiger partial charge in [0.1, 0.15) is 4.60 Å². The highest BCUT2D eigenvalue weighted by atomic mass is 127. The number of nitriles is 1. The molecule has 1 rings (SSSR count). The predicted molar refractivity (Wildman–Crippen MR) is 58.9 cm³/mol. The second-order valence-electron chi connectivity index (χ2n) is 2.43. The molecule has 74 valence electrons. The molecule has 0 amide bonds. The Morgan fingerprint density at radius 1 is 1.64 bits per heavy atom. The fourth-order valence-electron chi connectivity index (χ4n) is 0.959. The predicted octanol–water partition coefficient (Wildman–Crippen LogP) is 3.45. The van der Waals surface area contributed by atoms with Crippen molar-refractivity contribution in [3.63, 3.8) is 0 Å². The van der Waals surface area contributed by atoms with Crippen LogP contribution in [0, 0.1) is 14.9 Å². The van der Waals surface area contributed by atoms with E-state index in [1.165, 1.54) is 0 Å². The fraction of sp³-hybridized carbons (Fsp3) is 0.250. The minimum Gasteiger partial charge on any atom is -0.248 e. The molecule has 0 aliphatic heterocycles. The molecule has 0 radical (unpaired) electrons. The summed E-state index contributed by atoms with van der Waals surface area (Å²) in [5, 5.41) is 8.51. The van der Waals surface area contributed by atoms with Gasteiger partial charge in [0, 0.05) is 11.8 Å². The first-order valence-electron chi connectivity index (χ1n) is 3.55. The van der Waals surface area contributed by atoms with Crippen molar-refractivity contribution < 1.29 is 8.78 Å². The van der Waals surface area contributed by atoms with Crippen LogP contribution in [0.3, 0.4) is 0 Å². The SMILES string of the molecule is N#CCc1c(C(F)F)cnc(Br)c1I. The molecule has 0 atom stereocenters. The Hall–Kier alpha value is -0.290. The topological polar surface area (TPSA) is 36.7 Å². The summed E-state index contributed by atoms with van der Waals surface area (Å²) in [6.07, 6.45) is -1.52. The lowest BCUT2D eigenvalue weighted by Gasteiger charge is -2.08. The first-order valence-corrected chi connectivity index (χ1v) is 5.43. The lowest BCUT2D eigenvalue weighted by Crippen LogP contribution is -2.00. The molecule has 1 heterocycles. The Morgan fingerprint density at radius 2 is 2.29 bits per heavy atom. The normalized spacial score (nSPS) is 10.3. The number of aromatic nitrogens is 1. The van der Waals surface area contributed by atoms with E-state index in [0.717, 1.165) is 6.20 Å². The number of pyridine rings is 1. The summed E-state index contributed by atoms with van der Waals surface area (Å²) < 4.78 is 26.1. The molecular formula is C8H4BrF2IN2. The zero-order chi connectivity index (χ0) is 10.7. The Labute approximate surface area is 102 Å². The average molecular weight is 373 g/mol. The lowest BCUT2D eigenvalue weighted by atomic mass is 10.1. The summed E-state index contributed by atoms with van der Waals surface area (Å²) in [6, 6.07) is 1.86. The molecule has 1 aromatic rings. The summed E-state index contributed by atoms with van der Waals surface area (Å²) >= 11 is 5.02. The van der Waals surface area contributed by atoms with Crippen LogP contribution in [0.15, 0.2) is 10.8 Å². The van der Waals surface area contributed by atoms with Crippen LogP contribution in [0.4, 0.5) is 8.78 Å². The number of nitrogens with zero attached hydrogens (tertiary/aromatic N) is 2. The number of hydrogen-bond acceptors (Lipinski definition) is 2. The lowest BCUT2D eigenvalue weighted by molar-refractivity contribution is 0.150. The number of hydrogen-bond donors (Lipinski definition) is 0. The fourth-order valence-corrected chi connectivity index (χ4v) is 1.94. The maximum absolute atomic E-state index is 12.5. The summed E-state index contributed by atoms with van der Waals surface area (Å²) in [4.78, 5) is 3.76. The monoisotopic (exact) mass is 372 g/mol. The molecule has 0 spiro atoms. The van der Waals surface area contributed by atoms with Crippen LogP contribution >= 0.6 is 38.5 Å². The van der Waals surface area contributed by atoms with E-state index in [-0.39, 0.29) is 12.0 Å². The second kappa shape index (κ2) is 4.98. The van der Waals surface area contributed by atoms with Crippen molar-refractivity contribution in [3.8, 4) is 6.07 Å². The first kappa shape index (κ1) is 11.8. The molecule has 14 heavy (non-hydrogen) atoms. The Bertz CT molecular complexity index is 390. The van der Waals surface area contributed by atoms with Crippen LogP contribution in [-0.2, 0) is 6.42 Å². The number of rotatable bonds is 2. The van der Waals surface area contributed by atoms with Crippen molar-refractivity contribution in [1.29, 1.82) is 5.26 Å². The van der Waals surface area contributed by atoms with E-state index >= 15 is 0 Å². The van der Waals surface area contributed by atoms with Gasteiger partial charge in [-0.05, 0) is 44.1 Å². The smallest absolute Gasteiger partial charge is 0.248 e. The highest BCUT2D eigenvalue weighted by molar-refractivity contribution is 14.1. The van der Waals surface area contributed by atoms with E-state index in [1.807, 2.05) is 28.7 Å². The first-order chi connectivity index (χ1) is 6.57. The van der Waals surface area contributed by atoms with Gasteiger partial charge in [-0.2, -0.15) is 5.26 Å². The third-order valence-corrected chi connectivity index (χ3v) is 4.11. The van der Waals surface area contributed by atoms with Crippen molar-refractivity contribution in [2.45, 2.75) is 12.8 Å². The third-order valence-electron chi connectivity index (χ3n) is 1.60. The van der Waals surface area contributed by atoms with Gasteiger partial charge in [0.15, 0.2) is 0 Å². The van der Waals surface area contributed by atoms with Gasteiger partial charge >= 0.3 is 0 Å². The maximum atomic E-state index is 12.5. The summed E-state index contributed by atoms with van der Waals surface area (Å²) in [5.74, 6) is 0. The van der Waals surface area contributed by atoms with E-state index in [4.69, 9.17) is 5.26 Å². The minimum atomic E-state index is -2.59. The summed E-state index contributed by atoms with van der Waals surface area (Å²) in [5.41, 5.74) is 0.184. The van der Waals surface area contributed by atoms with Crippen LogP contribution in [0.2, 0.25) is 0 Å². The van der Waals surface area contributed by atoms with Crippen molar-refractivity contribution in [2.24, 2.45) is 0 Å². The molecule has 0 aliphatic carbocycles. The van der Waals surface area contributed by atoms with Crippen molar-refractivity contribution in [3.05, 3.63) is 25.5 Å². The zero-order valence-electron chi connectivity index (χ0n) is 6.77. The Morgan fingerprint density at radius 3 is 2.79 bits per heavy atom. The standard InChI is InChI=1S/C8H4BrF2IN2/c9-7-6(12)4(1-2-13)5(3-14-7)8(10)11/h3,8H,1H2. The van der Waals surface area contributed by atoms with Gasteiger partial charge in [0.05, 0.1) is 16.1 Å². The number of halogens is 4. The highest BCUT2D eigenvalue weighted by Crippen LogP contribution is 2.29. The molecule has 0 aromatic carbocycles. The molecule has 0 saturated heterocycles. The van der Waals surface area contributed by atoms with E-state index in [9.17, 15) is 8.78 Å². The second-order valence-corrected chi connectivity index (χ2v) is 4.26. The Kier molecular flexibility index (Phi) is 4.19. The zero-order valence-corrected chi connectivity index (χ0v) is 10.5.